The Kier molecular flexibility index (Phi) is 4.32. The Labute approximate surface area is 116 Å². The van der Waals surface area contributed by atoms with Crippen LogP contribution in [0.5, 0.6) is 0 Å². The maximum absolute atomic E-state index is 12.1. The maximum atomic E-state index is 12.1. The second kappa shape index (κ2) is 5.78. The smallest absolute Gasteiger partial charge is 0.267 e. The van der Waals surface area contributed by atoms with Crippen LogP contribution in [0.1, 0.15) is 29.6 Å². The number of hydrogen-bond acceptors (Lipinski definition) is 3. The van der Waals surface area contributed by atoms with Crippen LogP contribution in [0.25, 0.3) is 0 Å². The first-order valence-electron chi connectivity index (χ1n) is 5.88. The molecule has 1 aliphatic heterocycles. The molecule has 0 saturated carbocycles. The highest BCUT2D eigenvalue weighted by molar-refractivity contribution is 6.44. The number of hydrogen-bond donors (Lipinski definition) is 2. The minimum absolute atomic E-state index is 0.236. The molecular weight excluding hydrogens is 273 g/mol. The van der Waals surface area contributed by atoms with Gasteiger partial charge in [-0.05, 0) is 25.0 Å². The van der Waals surface area contributed by atoms with E-state index in [1.807, 2.05) is 5.01 Å². The van der Waals surface area contributed by atoms with Crippen molar-refractivity contribution in [2.24, 2.45) is 0 Å². The lowest BCUT2D eigenvalue weighted by Gasteiger charge is -2.27. The van der Waals surface area contributed by atoms with Crippen LogP contribution in [0.15, 0.2) is 12.1 Å². The summed E-state index contributed by atoms with van der Waals surface area (Å²) in [5.74, 6) is -0.267. The Balaban J connectivity index is 2.13. The predicted octanol–water partition coefficient (Wildman–Crippen LogP) is 2.71. The van der Waals surface area contributed by atoms with Gasteiger partial charge in [-0.3, -0.25) is 10.2 Å². The molecule has 0 aliphatic carbocycles. The third-order valence-corrected chi connectivity index (χ3v) is 3.71. The van der Waals surface area contributed by atoms with Gasteiger partial charge in [0, 0.05) is 18.8 Å². The van der Waals surface area contributed by atoms with Crippen molar-refractivity contribution < 1.29 is 4.79 Å². The van der Waals surface area contributed by atoms with Gasteiger partial charge in [-0.2, -0.15) is 0 Å². The molecule has 2 rings (SSSR count). The highest BCUT2D eigenvalue weighted by Crippen LogP contribution is 2.28. The SMILES string of the molecule is Nc1cc(Cl)c(Cl)c(C(=O)NN2CCCCC2)c1. The highest BCUT2D eigenvalue weighted by Gasteiger charge is 2.18. The lowest BCUT2D eigenvalue weighted by atomic mass is 10.1. The third-order valence-electron chi connectivity index (χ3n) is 2.91. The van der Waals surface area contributed by atoms with Crippen molar-refractivity contribution in [2.45, 2.75) is 19.3 Å². The zero-order chi connectivity index (χ0) is 13.1. The largest absolute Gasteiger partial charge is 0.399 e. The molecule has 0 spiro atoms. The molecule has 1 heterocycles. The van der Waals surface area contributed by atoms with E-state index in [2.05, 4.69) is 5.43 Å². The number of amides is 1. The fourth-order valence-electron chi connectivity index (χ4n) is 1.98. The van der Waals surface area contributed by atoms with Crippen LogP contribution in [0.2, 0.25) is 10.0 Å². The molecule has 4 nitrogen and oxygen atoms in total. The number of carbonyl (C=O) groups excluding carboxylic acids is 1. The van der Waals surface area contributed by atoms with Crippen LogP contribution in [-0.2, 0) is 0 Å². The van der Waals surface area contributed by atoms with Crippen molar-refractivity contribution in [2.75, 3.05) is 18.8 Å². The number of nitrogens with one attached hydrogen (secondary N) is 1. The molecule has 0 unspecified atom stereocenters. The Morgan fingerprint density at radius 2 is 1.89 bits per heavy atom. The molecule has 3 N–H and O–H groups in total. The van der Waals surface area contributed by atoms with Crippen LogP contribution < -0.4 is 11.2 Å². The molecule has 98 valence electrons. The zero-order valence-corrected chi connectivity index (χ0v) is 11.4. The maximum Gasteiger partial charge on any atom is 0.267 e. The number of anilines is 1. The Morgan fingerprint density at radius 3 is 2.56 bits per heavy atom. The van der Waals surface area contributed by atoms with E-state index in [1.165, 1.54) is 18.6 Å². The van der Waals surface area contributed by atoms with Crippen LogP contribution in [0.4, 0.5) is 5.69 Å². The monoisotopic (exact) mass is 287 g/mol. The summed E-state index contributed by atoms with van der Waals surface area (Å²) < 4.78 is 0. The number of carbonyl (C=O) groups is 1. The van der Waals surface area contributed by atoms with Gasteiger partial charge in [-0.1, -0.05) is 29.6 Å². The lowest BCUT2D eigenvalue weighted by molar-refractivity contribution is 0.0750. The second-order valence-electron chi connectivity index (χ2n) is 4.35. The number of halogens is 2. The van der Waals surface area contributed by atoms with Crippen molar-refractivity contribution >= 4 is 34.8 Å². The lowest BCUT2D eigenvalue weighted by Crippen LogP contribution is -2.45. The van der Waals surface area contributed by atoms with Gasteiger partial charge >= 0.3 is 0 Å². The van der Waals surface area contributed by atoms with E-state index in [9.17, 15) is 4.79 Å². The number of nitrogen functional groups attached to an aromatic ring is 1. The molecule has 0 radical (unpaired) electrons. The van der Waals surface area contributed by atoms with Gasteiger partial charge in [0.15, 0.2) is 0 Å². The quantitative estimate of drug-likeness (QED) is 0.823. The average molecular weight is 288 g/mol. The van der Waals surface area contributed by atoms with Crippen molar-refractivity contribution in [3.63, 3.8) is 0 Å². The van der Waals surface area contributed by atoms with Crippen molar-refractivity contribution in [1.82, 2.24) is 10.4 Å². The average Bonchev–Trinajstić information content (AvgIpc) is 2.35. The Morgan fingerprint density at radius 1 is 1.22 bits per heavy atom. The van der Waals surface area contributed by atoms with Crippen LogP contribution in [0.3, 0.4) is 0 Å². The molecule has 1 aromatic carbocycles. The first-order valence-corrected chi connectivity index (χ1v) is 6.64. The summed E-state index contributed by atoms with van der Waals surface area (Å²) in [7, 11) is 0. The molecule has 6 heteroatoms. The first kappa shape index (κ1) is 13.5. The first-order chi connectivity index (χ1) is 8.58. The van der Waals surface area contributed by atoms with E-state index >= 15 is 0 Å². The zero-order valence-electron chi connectivity index (χ0n) is 9.88. The van der Waals surface area contributed by atoms with Crippen LogP contribution in [0, 0.1) is 0 Å². The number of piperidine rings is 1. The van der Waals surface area contributed by atoms with E-state index in [0.29, 0.717) is 16.3 Å². The minimum atomic E-state index is -0.267. The fraction of sp³-hybridized carbons (Fsp3) is 0.417. The van der Waals surface area contributed by atoms with Gasteiger partial charge in [0.05, 0.1) is 15.6 Å². The molecule has 0 bridgehead atoms. The van der Waals surface area contributed by atoms with E-state index in [1.54, 1.807) is 0 Å². The molecule has 0 atom stereocenters. The number of nitrogens with two attached hydrogens (primary N) is 1. The topological polar surface area (TPSA) is 58.4 Å². The van der Waals surface area contributed by atoms with E-state index in [4.69, 9.17) is 28.9 Å². The normalized spacial score (nSPS) is 16.6. The van der Waals surface area contributed by atoms with Gasteiger partial charge in [0.2, 0.25) is 0 Å². The number of nitrogens with zero attached hydrogens (tertiary/aromatic N) is 1. The van der Waals surface area contributed by atoms with Crippen molar-refractivity contribution in [3.05, 3.63) is 27.7 Å². The van der Waals surface area contributed by atoms with Crippen molar-refractivity contribution in [3.8, 4) is 0 Å². The summed E-state index contributed by atoms with van der Waals surface area (Å²) in [5.41, 5.74) is 9.23. The number of hydrazine groups is 1. The molecule has 0 aromatic heterocycles. The molecule has 1 aliphatic rings. The molecule has 1 aromatic rings. The number of benzene rings is 1. The van der Waals surface area contributed by atoms with Gasteiger partial charge in [0.1, 0.15) is 0 Å². The summed E-state index contributed by atoms with van der Waals surface area (Å²) >= 11 is 11.9. The summed E-state index contributed by atoms with van der Waals surface area (Å²) in [6, 6.07) is 3.06. The highest BCUT2D eigenvalue weighted by atomic mass is 35.5. The third kappa shape index (κ3) is 3.07. The molecule has 18 heavy (non-hydrogen) atoms. The molecule has 1 fully saturated rings. The fourth-order valence-corrected chi connectivity index (χ4v) is 2.41. The standard InChI is InChI=1S/C12H15Cl2N3O/c13-10-7-8(15)6-9(11(10)14)12(18)16-17-4-2-1-3-5-17/h6-7H,1-5,15H2,(H,16,18). The van der Waals surface area contributed by atoms with E-state index in [-0.39, 0.29) is 10.9 Å². The molecular formula is C12H15Cl2N3O. The number of rotatable bonds is 2. The Bertz CT molecular complexity index is 459. The van der Waals surface area contributed by atoms with E-state index in [0.717, 1.165) is 25.9 Å². The van der Waals surface area contributed by atoms with Crippen LogP contribution >= 0.6 is 23.2 Å². The minimum Gasteiger partial charge on any atom is -0.399 e. The summed E-state index contributed by atoms with van der Waals surface area (Å²) in [4.78, 5) is 12.1. The molecule has 1 saturated heterocycles. The van der Waals surface area contributed by atoms with Gasteiger partial charge in [-0.25, -0.2) is 5.01 Å². The predicted molar refractivity (Wildman–Crippen MR) is 73.8 cm³/mol. The second-order valence-corrected chi connectivity index (χ2v) is 5.14. The Hall–Kier alpha value is -0.970. The van der Waals surface area contributed by atoms with Gasteiger partial charge < -0.3 is 5.73 Å². The van der Waals surface area contributed by atoms with Crippen molar-refractivity contribution in [1.29, 1.82) is 0 Å². The summed E-state index contributed by atoms with van der Waals surface area (Å²) in [6.45, 7) is 1.72. The van der Waals surface area contributed by atoms with Gasteiger partial charge in [0.25, 0.3) is 5.91 Å². The summed E-state index contributed by atoms with van der Waals surface area (Å²) in [5, 5.41) is 2.43. The van der Waals surface area contributed by atoms with Gasteiger partial charge in [-0.15, -0.1) is 0 Å². The molecule has 1 amide bonds. The van der Waals surface area contributed by atoms with E-state index < -0.39 is 0 Å². The summed E-state index contributed by atoms with van der Waals surface area (Å²) in [6.07, 6.45) is 3.38. The van der Waals surface area contributed by atoms with Crippen LogP contribution in [-0.4, -0.2) is 24.0 Å².